The van der Waals surface area contributed by atoms with Crippen molar-refractivity contribution in [3.63, 3.8) is 0 Å². The Kier molecular flexibility index (Phi) is 4.63. The van der Waals surface area contributed by atoms with Crippen molar-refractivity contribution in [3.05, 3.63) is 24.0 Å². The van der Waals surface area contributed by atoms with Crippen molar-refractivity contribution >= 4 is 17.4 Å². The molecule has 0 atom stereocenters. The highest BCUT2D eigenvalue weighted by Gasteiger charge is 2.09. The Morgan fingerprint density at radius 3 is 2.59 bits per heavy atom. The number of pyridine rings is 1. The Morgan fingerprint density at radius 2 is 2.12 bits per heavy atom. The molecule has 0 amide bonds. The molecule has 0 bridgehead atoms. The van der Waals surface area contributed by atoms with E-state index in [1.807, 2.05) is 0 Å². The molecule has 5 nitrogen and oxygen atoms in total. The Hall–Kier alpha value is -1.91. The first-order valence-corrected chi connectivity index (χ1v) is 5.38. The van der Waals surface area contributed by atoms with E-state index in [4.69, 9.17) is 4.74 Å². The quantitative estimate of drug-likeness (QED) is 0.569. The van der Waals surface area contributed by atoms with Crippen molar-refractivity contribution in [2.24, 2.45) is 0 Å². The summed E-state index contributed by atoms with van der Waals surface area (Å²) in [6.07, 6.45) is 1.57. The van der Waals surface area contributed by atoms with E-state index in [0.717, 1.165) is 5.69 Å². The number of carbonyl (C=O) groups excluding carboxylic acids is 2. The summed E-state index contributed by atoms with van der Waals surface area (Å²) in [5.74, 6) is -0.366. The van der Waals surface area contributed by atoms with Crippen LogP contribution in [0.3, 0.4) is 0 Å². The third kappa shape index (κ3) is 3.86. The zero-order chi connectivity index (χ0) is 12.8. The van der Waals surface area contributed by atoms with Gasteiger partial charge in [-0.05, 0) is 19.1 Å². The van der Waals surface area contributed by atoms with E-state index in [1.54, 1.807) is 37.2 Å². The molecular weight excluding hydrogens is 220 g/mol. The molecule has 0 saturated heterocycles. The molecule has 1 heterocycles. The standard InChI is InChI=1S/C12H16N2O3/c1-4-17-12(16)8-14(3)10-5-6-11(9(2)15)13-7-10/h5-7H,4,8H2,1-3H3. The van der Waals surface area contributed by atoms with Crippen LogP contribution in [0.5, 0.6) is 0 Å². The molecule has 0 N–H and O–H groups in total. The minimum absolute atomic E-state index is 0.0791. The fraction of sp³-hybridized carbons (Fsp3) is 0.417. The first-order valence-electron chi connectivity index (χ1n) is 5.38. The number of ether oxygens (including phenoxy) is 1. The SMILES string of the molecule is CCOC(=O)CN(C)c1ccc(C(C)=O)nc1. The zero-order valence-corrected chi connectivity index (χ0v) is 10.3. The number of hydrogen-bond donors (Lipinski definition) is 0. The number of carbonyl (C=O) groups is 2. The van der Waals surface area contributed by atoms with Gasteiger partial charge in [0.05, 0.1) is 18.5 Å². The maximum absolute atomic E-state index is 11.3. The van der Waals surface area contributed by atoms with Crippen molar-refractivity contribution in [2.75, 3.05) is 25.1 Å². The summed E-state index contributed by atoms with van der Waals surface area (Å²) in [7, 11) is 1.77. The van der Waals surface area contributed by atoms with Gasteiger partial charge < -0.3 is 9.64 Å². The van der Waals surface area contributed by atoms with Crippen molar-refractivity contribution in [2.45, 2.75) is 13.8 Å². The van der Waals surface area contributed by atoms with Gasteiger partial charge in [-0.3, -0.25) is 14.6 Å². The third-order valence-electron chi connectivity index (χ3n) is 2.22. The molecule has 1 rings (SSSR count). The van der Waals surface area contributed by atoms with Crippen LogP contribution in [0.1, 0.15) is 24.3 Å². The lowest BCUT2D eigenvalue weighted by Gasteiger charge is -2.17. The van der Waals surface area contributed by atoms with E-state index < -0.39 is 0 Å². The van der Waals surface area contributed by atoms with E-state index in [2.05, 4.69) is 4.98 Å². The second-order valence-corrected chi connectivity index (χ2v) is 3.62. The summed E-state index contributed by atoms with van der Waals surface area (Å²) in [5, 5.41) is 0. The smallest absolute Gasteiger partial charge is 0.325 e. The third-order valence-corrected chi connectivity index (χ3v) is 2.22. The molecule has 0 unspecified atom stereocenters. The Bertz CT molecular complexity index is 401. The molecule has 1 aromatic heterocycles. The molecule has 0 saturated carbocycles. The number of anilines is 1. The predicted octanol–water partition coefficient (Wildman–Crippen LogP) is 1.28. The summed E-state index contributed by atoms with van der Waals surface area (Å²) in [6, 6.07) is 3.39. The van der Waals surface area contributed by atoms with Gasteiger partial charge in [-0.25, -0.2) is 0 Å². The lowest BCUT2D eigenvalue weighted by atomic mass is 10.2. The molecule has 0 spiro atoms. The molecule has 0 aliphatic rings. The lowest BCUT2D eigenvalue weighted by Crippen LogP contribution is -2.27. The molecule has 0 aromatic carbocycles. The van der Waals surface area contributed by atoms with Gasteiger partial charge in [0.25, 0.3) is 0 Å². The number of aromatic nitrogens is 1. The first kappa shape index (κ1) is 13.2. The molecular formula is C12H16N2O3. The van der Waals surface area contributed by atoms with Gasteiger partial charge in [0, 0.05) is 14.0 Å². The Balaban J connectivity index is 2.66. The van der Waals surface area contributed by atoms with Crippen molar-refractivity contribution < 1.29 is 14.3 Å². The van der Waals surface area contributed by atoms with E-state index in [0.29, 0.717) is 12.3 Å². The fourth-order valence-corrected chi connectivity index (χ4v) is 1.31. The van der Waals surface area contributed by atoms with Gasteiger partial charge in [0.2, 0.25) is 0 Å². The fourth-order valence-electron chi connectivity index (χ4n) is 1.31. The molecule has 17 heavy (non-hydrogen) atoms. The topological polar surface area (TPSA) is 59.5 Å². The normalized spacial score (nSPS) is 9.82. The van der Waals surface area contributed by atoms with E-state index in [-0.39, 0.29) is 18.3 Å². The van der Waals surface area contributed by atoms with Crippen LogP contribution >= 0.6 is 0 Å². The number of hydrogen-bond acceptors (Lipinski definition) is 5. The highest BCUT2D eigenvalue weighted by Crippen LogP contribution is 2.11. The molecule has 0 aliphatic heterocycles. The van der Waals surface area contributed by atoms with Crippen molar-refractivity contribution in [1.29, 1.82) is 0 Å². The Morgan fingerprint density at radius 1 is 1.41 bits per heavy atom. The average Bonchev–Trinajstić information content (AvgIpc) is 2.29. The number of rotatable bonds is 5. The van der Waals surface area contributed by atoms with Gasteiger partial charge in [-0.1, -0.05) is 0 Å². The summed E-state index contributed by atoms with van der Waals surface area (Å²) >= 11 is 0. The van der Waals surface area contributed by atoms with E-state index in [9.17, 15) is 9.59 Å². The predicted molar refractivity (Wildman–Crippen MR) is 64.1 cm³/mol. The minimum atomic E-state index is -0.286. The highest BCUT2D eigenvalue weighted by atomic mass is 16.5. The molecule has 1 aromatic rings. The second kappa shape index (κ2) is 5.98. The molecule has 0 radical (unpaired) electrons. The highest BCUT2D eigenvalue weighted by molar-refractivity contribution is 5.92. The van der Waals surface area contributed by atoms with Crippen LogP contribution in [-0.2, 0) is 9.53 Å². The van der Waals surface area contributed by atoms with Crippen LogP contribution in [0, 0.1) is 0 Å². The number of likely N-dealkylation sites (N-methyl/N-ethyl adjacent to an activating group) is 1. The zero-order valence-electron chi connectivity index (χ0n) is 10.3. The summed E-state index contributed by atoms with van der Waals surface area (Å²) in [6.45, 7) is 3.76. The minimum Gasteiger partial charge on any atom is -0.465 e. The van der Waals surface area contributed by atoms with Gasteiger partial charge in [0.1, 0.15) is 12.2 Å². The van der Waals surface area contributed by atoms with Crippen molar-refractivity contribution in [1.82, 2.24) is 4.98 Å². The first-order chi connectivity index (χ1) is 8.04. The largest absolute Gasteiger partial charge is 0.465 e. The van der Waals surface area contributed by atoms with Crippen LogP contribution in [0.15, 0.2) is 18.3 Å². The van der Waals surface area contributed by atoms with E-state index >= 15 is 0 Å². The van der Waals surface area contributed by atoms with Crippen LogP contribution in [0.4, 0.5) is 5.69 Å². The average molecular weight is 236 g/mol. The number of ketones is 1. The van der Waals surface area contributed by atoms with Crippen LogP contribution < -0.4 is 4.90 Å². The van der Waals surface area contributed by atoms with Crippen LogP contribution in [-0.4, -0.2) is 36.9 Å². The number of esters is 1. The molecule has 5 heteroatoms. The molecule has 0 aliphatic carbocycles. The summed E-state index contributed by atoms with van der Waals surface area (Å²) < 4.78 is 4.84. The number of Topliss-reactive ketones (excluding diaryl/α,β-unsaturated/α-hetero) is 1. The maximum atomic E-state index is 11.3. The van der Waals surface area contributed by atoms with Gasteiger partial charge in [0.15, 0.2) is 5.78 Å². The Labute approximate surface area is 100 Å². The summed E-state index contributed by atoms with van der Waals surface area (Å²) in [4.78, 5) is 28.0. The molecule has 92 valence electrons. The van der Waals surface area contributed by atoms with Crippen LogP contribution in [0.2, 0.25) is 0 Å². The lowest BCUT2D eigenvalue weighted by molar-refractivity contribution is -0.141. The molecule has 0 fully saturated rings. The van der Waals surface area contributed by atoms with E-state index in [1.165, 1.54) is 6.92 Å². The monoisotopic (exact) mass is 236 g/mol. The van der Waals surface area contributed by atoms with Gasteiger partial charge in [-0.15, -0.1) is 0 Å². The number of nitrogens with zero attached hydrogens (tertiary/aromatic N) is 2. The van der Waals surface area contributed by atoms with Gasteiger partial charge >= 0.3 is 5.97 Å². The van der Waals surface area contributed by atoms with Crippen molar-refractivity contribution in [3.8, 4) is 0 Å². The van der Waals surface area contributed by atoms with Crippen LogP contribution in [0.25, 0.3) is 0 Å². The van der Waals surface area contributed by atoms with Gasteiger partial charge in [-0.2, -0.15) is 0 Å². The second-order valence-electron chi connectivity index (χ2n) is 3.62. The summed E-state index contributed by atoms with van der Waals surface area (Å²) in [5.41, 5.74) is 1.18. The maximum Gasteiger partial charge on any atom is 0.325 e.